The van der Waals surface area contributed by atoms with Crippen molar-refractivity contribution in [3.05, 3.63) is 17.8 Å². The van der Waals surface area contributed by atoms with Crippen LogP contribution >= 0.6 is 0 Å². The molecule has 5 nitrogen and oxygen atoms in total. The Labute approximate surface area is 109 Å². The number of nitrogens with zero attached hydrogens (tertiary/aromatic N) is 3. The van der Waals surface area contributed by atoms with Crippen LogP contribution in [0, 0.1) is 6.92 Å². The van der Waals surface area contributed by atoms with Crippen molar-refractivity contribution >= 4 is 17.4 Å². The van der Waals surface area contributed by atoms with Crippen LogP contribution in [-0.2, 0) is 4.79 Å². The lowest BCUT2D eigenvalue weighted by Gasteiger charge is -2.24. The zero-order chi connectivity index (χ0) is 13.7. The maximum atomic E-state index is 12.0. The molecule has 0 saturated carbocycles. The molecule has 2 N–H and O–H groups in total. The van der Waals surface area contributed by atoms with Crippen molar-refractivity contribution in [2.24, 2.45) is 0 Å². The van der Waals surface area contributed by atoms with Crippen LogP contribution in [0.25, 0.3) is 0 Å². The molecule has 5 heteroatoms. The lowest BCUT2D eigenvalue weighted by molar-refractivity contribution is -0.129. The van der Waals surface area contributed by atoms with Gasteiger partial charge in [-0.2, -0.15) is 0 Å². The number of carbonyl (C=O) groups excluding carboxylic acids is 1. The van der Waals surface area contributed by atoms with Gasteiger partial charge in [0.25, 0.3) is 0 Å². The van der Waals surface area contributed by atoms with E-state index in [0.29, 0.717) is 12.2 Å². The third-order valence-corrected chi connectivity index (χ3v) is 2.92. The van der Waals surface area contributed by atoms with E-state index in [1.807, 2.05) is 43.7 Å². The minimum atomic E-state index is 0.112. The van der Waals surface area contributed by atoms with Crippen molar-refractivity contribution in [1.82, 2.24) is 9.88 Å². The Hall–Kier alpha value is -1.78. The summed E-state index contributed by atoms with van der Waals surface area (Å²) in [6.45, 7) is 7.70. The lowest BCUT2D eigenvalue weighted by Crippen LogP contribution is -2.39. The van der Waals surface area contributed by atoms with Gasteiger partial charge in [-0.25, -0.2) is 4.98 Å². The highest BCUT2D eigenvalue weighted by Crippen LogP contribution is 2.17. The van der Waals surface area contributed by atoms with Gasteiger partial charge in [-0.3, -0.25) is 4.79 Å². The van der Waals surface area contributed by atoms with E-state index in [0.717, 1.165) is 24.5 Å². The maximum Gasteiger partial charge on any atom is 0.242 e. The Morgan fingerprint density at radius 3 is 2.50 bits per heavy atom. The van der Waals surface area contributed by atoms with Crippen LogP contribution < -0.4 is 10.6 Å². The Morgan fingerprint density at radius 1 is 1.39 bits per heavy atom. The number of nitrogen functional groups attached to an aromatic ring is 1. The number of amides is 1. The van der Waals surface area contributed by atoms with Crippen molar-refractivity contribution in [3.8, 4) is 0 Å². The number of carbonyl (C=O) groups is 1. The summed E-state index contributed by atoms with van der Waals surface area (Å²) in [5.74, 6) is 0.908. The summed E-state index contributed by atoms with van der Waals surface area (Å²) in [6, 6.07) is 1.86. The molecule has 0 unspecified atom stereocenters. The van der Waals surface area contributed by atoms with Crippen LogP contribution in [0.15, 0.2) is 12.3 Å². The van der Waals surface area contributed by atoms with E-state index in [4.69, 9.17) is 5.73 Å². The van der Waals surface area contributed by atoms with Gasteiger partial charge < -0.3 is 15.5 Å². The molecule has 0 radical (unpaired) electrons. The van der Waals surface area contributed by atoms with Crippen LogP contribution in [0.5, 0.6) is 0 Å². The van der Waals surface area contributed by atoms with Crippen LogP contribution in [-0.4, -0.2) is 42.5 Å². The first-order chi connectivity index (χ1) is 8.49. The second kappa shape index (κ2) is 6.23. The zero-order valence-electron chi connectivity index (χ0n) is 11.6. The van der Waals surface area contributed by atoms with Gasteiger partial charge in [0, 0.05) is 20.1 Å². The SMILES string of the molecule is CCN(CC)C(=O)CN(C)c1ncc(N)cc1C. The van der Waals surface area contributed by atoms with Gasteiger partial charge in [-0.15, -0.1) is 0 Å². The number of pyridine rings is 1. The fourth-order valence-electron chi connectivity index (χ4n) is 1.94. The fourth-order valence-corrected chi connectivity index (χ4v) is 1.94. The van der Waals surface area contributed by atoms with Gasteiger partial charge in [0.15, 0.2) is 0 Å². The third-order valence-electron chi connectivity index (χ3n) is 2.92. The zero-order valence-corrected chi connectivity index (χ0v) is 11.6. The van der Waals surface area contributed by atoms with Crippen LogP contribution in [0.1, 0.15) is 19.4 Å². The summed E-state index contributed by atoms with van der Waals surface area (Å²) in [5, 5.41) is 0. The van der Waals surface area contributed by atoms with Gasteiger partial charge in [0.1, 0.15) is 5.82 Å². The van der Waals surface area contributed by atoms with E-state index in [1.165, 1.54) is 0 Å². The summed E-state index contributed by atoms with van der Waals surface area (Å²) in [6.07, 6.45) is 1.61. The molecule has 1 aromatic rings. The summed E-state index contributed by atoms with van der Waals surface area (Å²) in [4.78, 5) is 19.9. The smallest absolute Gasteiger partial charge is 0.242 e. The number of anilines is 2. The maximum absolute atomic E-state index is 12.0. The molecule has 1 rings (SSSR count). The Bertz CT molecular complexity index is 415. The van der Waals surface area contributed by atoms with Gasteiger partial charge in [-0.1, -0.05) is 0 Å². The summed E-state index contributed by atoms with van der Waals surface area (Å²) < 4.78 is 0. The van der Waals surface area contributed by atoms with Crippen molar-refractivity contribution in [2.75, 3.05) is 37.3 Å². The van der Waals surface area contributed by atoms with Crippen molar-refractivity contribution in [2.45, 2.75) is 20.8 Å². The molecule has 1 aromatic heterocycles. The highest BCUT2D eigenvalue weighted by Gasteiger charge is 2.14. The minimum Gasteiger partial charge on any atom is -0.397 e. The Balaban J connectivity index is 2.76. The third kappa shape index (κ3) is 3.35. The molecule has 0 bridgehead atoms. The Kier molecular flexibility index (Phi) is 4.95. The predicted molar refractivity (Wildman–Crippen MR) is 74.6 cm³/mol. The van der Waals surface area contributed by atoms with Crippen molar-refractivity contribution in [1.29, 1.82) is 0 Å². The molecule has 1 heterocycles. The first kappa shape index (κ1) is 14.3. The quantitative estimate of drug-likeness (QED) is 0.855. The molecule has 1 amide bonds. The topological polar surface area (TPSA) is 62.5 Å². The first-order valence-electron chi connectivity index (χ1n) is 6.20. The lowest BCUT2D eigenvalue weighted by atomic mass is 10.2. The van der Waals surface area contributed by atoms with Crippen molar-refractivity contribution in [3.63, 3.8) is 0 Å². The number of rotatable bonds is 5. The first-order valence-corrected chi connectivity index (χ1v) is 6.20. The van der Waals surface area contributed by atoms with E-state index in [-0.39, 0.29) is 5.91 Å². The number of aromatic nitrogens is 1. The number of hydrogen-bond donors (Lipinski definition) is 1. The van der Waals surface area contributed by atoms with Crippen molar-refractivity contribution < 1.29 is 4.79 Å². The second-order valence-corrected chi connectivity index (χ2v) is 4.33. The fraction of sp³-hybridized carbons (Fsp3) is 0.538. The van der Waals surface area contributed by atoms with E-state index < -0.39 is 0 Å². The summed E-state index contributed by atoms with van der Waals surface area (Å²) in [5.41, 5.74) is 7.28. The number of hydrogen-bond acceptors (Lipinski definition) is 4. The van der Waals surface area contributed by atoms with Crippen LogP contribution in [0.4, 0.5) is 11.5 Å². The van der Waals surface area contributed by atoms with E-state index in [9.17, 15) is 4.79 Å². The van der Waals surface area contributed by atoms with E-state index >= 15 is 0 Å². The molecule has 18 heavy (non-hydrogen) atoms. The molecule has 100 valence electrons. The molecule has 0 fully saturated rings. The molecule has 0 saturated heterocycles. The normalized spacial score (nSPS) is 10.2. The molecule has 0 aliphatic rings. The summed E-state index contributed by atoms with van der Waals surface area (Å²) in [7, 11) is 1.87. The van der Waals surface area contributed by atoms with E-state index in [2.05, 4.69) is 4.98 Å². The minimum absolute atomic E-state index is 0.112. The van der Waals surface area contributed by atoms with Crippen LogP contribution in [0.2, 0.25) is 0 Å². The molecule has 0 aromatic carbocycles. The standard InChI is InChI=1S/C13H22N4O/c1-5-17(6-2)12(18)9-16(4)13-10(3)7-11(14)8-15-13/h7-8H,5-6,9,14H2,1-4H3. The van der Waals surface area contributed by atoms with Gasteiger partial charge in [0.05, 0.1) is 18.4 Å². The molecular weight excluding hydrogens is 228 g/mol. The molecule has 0 aliphatic heterocycles. The molecule has 0 spiro atoms. The Morgan fingerprint density at radius 2 is 2.00 bits per heavy atom. The largest absolute Gasteiger partial charge is 0.397 e. The highest BCUT2D eigenvalue weighted by molar-refractivity contribution is 5.81. The second-order valence-electron chi connectivity index (χ2n) is 4.33. The average Bonchev–Trinajstić information content (AvgIpc) is 2.30. The molecular formula is C13H22N4O. The predicted octanol–water partition coefficient (Wildman–Crippen LogP) is 1.28. The number of nitrogens with two attached hydrogens (primary N) is 1. The monoisotopic (exact) mass is 250 g/mol. The van der Waals surface area contributed by atoms with Crippen LogP contribution in [0.3, 0.4) is 0 Å². The van der Waals surface area contributed by atoms with Gasteiger partial charge in [0.2, 0.25) is 5.91 Å². The molecule has 0 aliphatic carbocycles. The summed E-state index contributed by atoms with van der Waals surface area (Å²) >= 11 is 0. The number of likely N-dealkylation sites (N-methyl/N-ethyl adjacent to an activating group) is 2. The van der Waals surface area contributed by atoms with Gasteiger partial charge >= 0.3 is 0 Å². The number of aryl methyl sites for hydroxylation is 1. The average molecular weight is 250 g/mol. The van der Waals surface area contributed by atoms with E-state index in [1.54, 1.807) is 6.20 Å². The van der Waals surface area contributed by atoms with Gasteiger partial charge in [-0.05, 0) is 32.4 Å². The highest BCUT2D eigenvalue weighted by atomic mass is 16.2. The molecule has 0 atom stereocenters.